The summed E-state index contributed by atoms with van der Waals surface area (Å²) in [6.07, 6.45) is 3.27. The zero-order valence-corrected chi connectivity index (χ0v) is 8.58. The van der Waals surface area contributed by atoms with E-state index >= 15 is 0 Å². The largest absolute Gasteiger partial charge is 0.396 e. The van der Waals surface area contributed by atoms with Gasteiger partial charge in [-0.25, -0.2) is 4.39 Å². The molecule has 0 radical (unpaired) electrons. The maximum atomic E-state index is 12.9. The summed E-state index contributed by atoms with van der Waals surface area (Å²) in [6, 6.07) is 4.58. The molecule has 0 saturated heterocycles. The van der Waals surface area contributed by atoms with Crippen LogP contribution < -0.4 is 5.73 Å². The van der Waals surface area contributed by atoms with E-state index in [1.807, 2.05) is 0 Å². The molecule has 0 unspecified atom stereocenters. The Morgan fingerprint density at radius 2 is 2.27 bits per heavy atom. The van der Waals surface area contributed by atoms with Gasteiger partial charge in [-0.3, -0.25) is 4.68 Å². The number of halogens is 2. The summed E-state index contributed by atoms with van der Waals surface area (Å²) in [6.45, 7) is 0.525. The Hall–Kier alpha value is -1.55. The molecule has 0 atom stereocenters. The smallest absolute Gasteiger partial charge is 0.141 e. The van der Waals surface area contributed by atoms with Crippen LogP contribution in [0, 0.1) is 5.82 Å². The molecule has 2 N–H and O–H groups in total. The number of nitrogen functional groups attached to an aromatic ring is 1. The predicted octanol–water partition coefficient (Wildman–Crippen LogP) is 2.31. The molecule has 3 nitrogen and oxygen atoms in total. The quantitative estimate of drug-likeness (QED) is 0.853. The number of nitrogens with two attached hydrogens (primary N) is 1. The Labute approximate surface area is 91.3 Å². The molecule has 2 rings (SSSR count). The highest BCUT2D eigenvalue weighted by Gasteiger charge is 2.02. The van der Waals surface area contributed by atoms with Crippen molar-refractivity contribution in [3.63, 3.8) is 0 Å². The van der Waals surface area contributed by atoms with Gasteiger partial charge >= 0.3 is 0 Å². The molecule has 15 heavy (non-hydrogen) atoms. The van der Waals surface area contributed by atoms with E-state index in [0.717, 1.165) is 5.56 Å². The fourth-order valence-corrected chi connectivity index (χ4v) is 1.49. The Bertz CT molecular complexity index is 481. The van der Waals surface area contributed by atoms with E-state index in [4.69, 9.17) is 17.3 Å². The highest BCUT2D eigenvalue weighted by atomic mass is 35.5. The number of nitrogens with zero attached hydrogens (tertiary/aromatic N) is 2. The maximum Gasteiger partial charge on any atom is 0.141 e. The van der Waals surface area contributed by atoms with Crippen molar-refractivity contribution in [2.75, 3.05) is 5.73 Å². The van der Waals surface area contributed by atoms with Gasteiger partial charge in [0.15, 0.2) is 0 Å². The Kier molecular flexibility index (Phi) is 2.60. The second kappa shape index (κ2) is 3.90. The Morgan fingerprint density at radius 3 is 2.87 bits per heavy atom. The molecule has 78 valence electrons. The van der Waals surface area contributed by atoms with Crippen molar-refractivity contribution in [3.05, 3.63) is 47.0 Å². The second-order valence-corrected chi connectivity index (χ2v) is 3.63. The van der Waals surface area contributed by atoms with E-state index in [2.05, 4.69) is 5.10 Å². The predicted molar refractivity (Wildman–Crippen MR) is 57.2 cm³/mol. The number of anilines is 1. The minimum Gasteiger partial charge on any atom is -0.396 e. The fraction of sp³-hybridized carbons (Fsp3) is 0.100. The summed E-state index contributed by atoms with van der Waals surface area (Å²) in [4.78, 5) is 0. The van der Waals surface area contributed by atoms with Crippen molar-refractivity contribution >= 4 is 17.3 Å². The lowest BCUT2D eigenvalue weighted by Crippen LogP contribution is -2.00. The number of aromatic nitrogens is 2. The lowest BCUT2D eigenvalue weighted by Gasteiger charge is -2.02. The third kappa shape index (κ3) is 2.27. The van der Waals surface area contributed by atoms with Crippen LogP contribution in [0.3, 0.4) is 0 Å². The summed E-state index contributed by atoms with van der Waals surface area (Å²) in [7, 11) is 0. The summed E-state index contributed by atoms with van der Waals surface area (Å²) >= 11 is 5.66. The molecule has 0 spiro atoms. The molecule has 0 aliphatic carbocycles. The van der Waals surface area contributed by atoms with E-state index in [1.54, 1.807) is 29.2 Å². The first kappa shape index (κ1) is 9.98. The molecule has 1 heterocycles. The summed E-state index contributed by atoms with van der Waals surface area (Å²) in [5.41, 5.74) is 7.00. The highest BCUT2D eigenvalue weighted by Crippen LogP contribution is 2.16. The Balaban J connectivity index is 2.21. The number of benzene rings is 1. The standard InChI is InChI=1S/C10H9ClFN3/c11-9-3-7(1-2-10(9)12)5-15-6-8(13)4-14-15/h1-4,6H,5,13H2. The van der Waals surface area contributed by atoms with Crippen LogP contribution in [-0.2, 0) is 6.54 Å². The van der Waals surface area contributed by atoms with E-state index < -0.39 is 5.82 Å². The number of hydrogen-bond donors (Lipinski definition) is 1. The first-order chi connectivity index (χ1) is 7.15. The molecule has 0 saturated carbocycles. The van der Waals surface area contributed by atoms with E-state index in [9.17, 15) is 4.39 Å². The van der Waals surface area contributed by atoms with Crippen LogP contribution in [-0.4, -0.2) is 9.78 Å². The van der Waals surface area contributed by atoms with E-state index in [1.165, 1.54) is 6.07 Å². The summed E-state index contributed by atoms with van der Waals surface area (Å²) < 4.78 is 14.5. The van der Waals surface area contributed by atoms with Gasteiger partial charge in [0.1, 0.15) is 5.82 Å². The van der Waals surface area contributed by atoms with Crippen LogP contribution in [0.1, 0.15) is 5.56 Å². The Morgan fingerprint density at radius 1 is 1.47 bits per heavy atom. The molecule has 1 aromatic carbocycles. The average molecular weight is 226 g/mol. The van der Waals surface area contributed by atoms with Gasteiger partial charge in [0.05, 0.1) is 23.5 Å². The van der Waals surface area contributed by atoms with Crippen LogP contribution in [0.25, 0.3) is 0 Å². The van der Waals surface area contributed by atoms with Gasteiger partial charge in [0, 0.05) is 6.20 Å². The average Bonchev–Trinajstić information content (AvgIpc) is 2.58. The van der Waals surface area contributed by atoms with Crippen molar-refractivity contribution < 1.29 is 4.39 Å². The zero-order valence-electron chi connectivity index (χ0n) is 7.82. The molecule has 1 aromatic heterocycles. The molecule has 0 aliphatic heterocycles. The van der Waals surface area contributed by atoms with Crippen molar-refractivity contribution in [1.29, 1.82) is 0 Å². The molecule has 0 amide bonds. The van der Waals surface area contributed by atoms with E-state index in [0.29, 0.717) is 12.2 Å². The number of rotatable bonds is 2. The monoisotopic (exact) mass is 225 g/mol. The summed E-state index contributed by atoms with van der Waals surface area (Å²) in [5, 5.41) is 4.14. The van der Waals surface area contributed by atoms with Crippen LogP contribution in [0.5, 0.6) is 0 Å². The normalized spacial score (nSPS) is 10.5. The van der Waals surface area contributed by atoms with Gasteiger partial charge in [0.25, 0.3) is 0 Å². The zero-order chi connectivity index (χ0) is 10.8. The minimum atomic E-state index is -0.416. The minimum absolute atomic E-state index is 0.118. The first-order valence-corrected chi connectivity index (χ1v) is 4.75. The fourth-order valence-electron chi connectivity index (χ4n) is 1.29. The van der Waals surface area contributed by atoms with Crippen LogP contribution in [0.4, 0.5) is 10.1 Å². The SMILES string of the molecule is Nc1cnn(Cc2ccc(F)c(Cl)c2)c1. The maximum absolute atomic E-state index is 12.9. The lowest BCUT2D eigenvalue weighted by molar-refractivity contribution is 0.625. The van der Waals surface area contributed by atoms with Gasteiger partial charge in [-0.2, -0.15) is 5.10 Å². The van der Waals surface area contributed by atoms with Crippen molar-refractivity contribution in [3.8, 4) is 0 Å². The molecular formula is C10H9ClFN3. The number of hydrogen-bond acceptors (Lipinski definition) is 2. The summed E-state index contributed by atoms with van der Waals surface area (Å²) in [5.74, 6) is -0.416. The van der Waals surface area contributed by atoms with Crippen LogP contribution in [0.15, 0.2) is 30.6 Å². The first-order valence-electron chi connectivity index (χ1n) is 4.37. The van der Waals surface area contributed by atoms with Gasteiger partial charge in [-0.05, 0) is 17.7 Å². The third-order valence-electron chi connectivity index (χ3n) is 1.98. The van der Waals surface area contributed by atoms with Crippen LogP contribution in [0.2, 0.25) is 5.02 Å². The van der Waals surface area contributed by atoms with Gasteiger partial charge in [-0.15, -0.1) is 0 Å². The van der Waals surface area contributed by atoms with Crippen LogP contribution >= 0.6 is 11.6 Å². The molecule has 0 aliphatic rings. The molecule has 2 aromatic rings. The van der Waals surface area contributed by atoms with Gasteiger partial charge in [-0.1, -0.05) is 17.7 Å². The second-order valence-electron chi connectivity index (χ2n) is 3.22. The third-order valence-corrected chi connectivity index (χ3v) is 2.27. The molecule has 0 bridgehead atoms. The molecule has 0 fully saturated rings. The van der Waals surface area contributed by atoms with E-state index in [-0.39, 0.29) is 5.02 Å². The lowest BCUT2D eigenvalue weighted by atomic mass is 10.2. The molecular weight excluding hydrogens is 217 g/mol. The van der Waals surface area contributed by atoms with Crippen molar-refractivity contribution in [1.82, 2.24) is 9.78 Å². The van der Waals surface area contributed by atoms with Crippen molar-refractivity contribution in [2.24, 2.45) is 0 Å². The highest BCUT2D eigenvalue weighted by molar-refractivity contribution is 6.30. The van der Waals surface area contributed by atoms with Gasteiger partial charge in [0.2, 0.25) is 0 Å². The van der Waals surface area contributed by atoms with Crippen molar-refractivity contribution in [2.45, 2.75) is 6.54 Å². The molecule has 5 heteroatoms. The topological polar surface area (TPSA) is 43.8 Å². The van der Waals surface area contributed by atoms with Gasteiger partial charge < -0.3 is 5.73 Å².